The fraction of sp³-hybridized carbons (Fsp3) is 0.176. The number of anilines is 1. The molecule has 0 unspecified atom stereocenters. The lowest BCUT2D eigenvalue weighted by atomic mass is 10.1. The van der Waals surface area contributed by atoms with Gasteiger partial charge in [-0.15, -0.1) is 15.3 Å². The van der Waals surface area contributed by atoms with Gasteiger partial charge >= 0.3 is 0 Å². The summed E-state index contributed by atoms with van der Waals surface area (Å²) in [6.07, 6.45) is 1.57. The van der Waals surface area contributed by atoms with Gasteiger partial charge in [0.1, 0.15) is 6.33 Å². The van der Waals surface area contributed by atoms with Crippen molar-refractivity contribution in [1.29, 1.82) is 0 Å². The van der Waals surface area contributed by atoms with Crippen LogP contribution in [0, 0.1) is 0 Å². The summed E-state index contributed by atoms with van der Waals surface area (Å²) in [5.74, 6) is -0.214. The van der Waals surface area contributed by atoms with E-state index < -0.39 is 5.91 Å². The molecule has 32 heavy (non-hydrogen) atoms. The van der Waals surface area contributed by atoms with Crippen molar-refractivity contribution in [3.05, 3.63) is 52.6 Å². The summed E-state index contributed by atoms with van der Waals surface area (Å²) < 4.78 is 7.68. The van der Waals surface area contributed by atoms with Crippen LogP contribution in [0.3, 0.4) is 0 Å². The Bertz CT molecular complexity index is 1300. The van der Waals surface area contributed by atoms with E-state index in [4.69, 9.17) is 17.3 Å². The second-order valence-corrected chi connectivity index (χ2v) is 7.75. The number of nitrogen functional groups attached to an aromatic ring is 1. The van der Waals surface area contributed by atoms with E-state index in [0.29, 0.717) is 27.1 Å². The molecule has 1 amide bonds. The van der Waals surface area contributed by atoms with Gasteiger partial charge in [0.25, 0.3) is 5.91 Å². The van der Waals surface area contributed by atoms with Crippen molar-refractivity contribution in [2.75, 3.05) is 5.73 Å². The Morgan fingerprint density at radius 3 is 2.81 bits per heavy atom. The van der Waals surface area contributed by atoms with Crippen LogP contribution in [-0.4, -0.2) is 51.7 Å². The molecule has 0 fully saturated rings. The summed E-state index contributed by atoms with van der Waals surface area (Å²) in [6, 6.07) is 7.17. The van der Waals surface area contributed by atoms with Gasteiger partial charge in [0.05, 0.1) is 11.4 Å². The number of halogens is 1. The Balaban J connectivity index is 1.62. The summed E-state index contributed by atoms with van der Waals surface area (Å²) in [5, 5.41) is 28.4. The minimum atomic E-state index is -0.578. The zero-order chi connectivity index (χ0) is 22.7. The van der Waals surface area contributed by atoms with Crippen LogP contribution < -0.4 is 11.2 Å². The van der Waals surface area contributed by atoms with Gasteiger partial charge in [0.2, 0.25) is 11.6 Å². The lowest BCUT2D eigenvalue weighted by Crippen LogP contribution is -2.21. The molecule has 3 N–H and O–H groups in total. The molecule has 0 spiro atoms. The average molecular weight is 474 g/mol. The topological polar surface area (TPSA) is 168 Å². The Morgan fingerprint density at radius 1 is 1.31 bits per heavy atom. The molecule has 0 bridgehead atoms. The van der Waals surface area contributed by atoms with Gasteiger partial charge in [-0.05, 0) is 23.3 Å². The summed E-state index contributed by atoms with van der Waals surface area (Å²) in [7, 11) is 1.80. The highest BCUT2D eigenvalue weighted by molar-refractivity contribution is 7.98. The first kappa shape index (κ1) is 21.5. The molecule has 4 rings (SSSR count). The number of benzene rings is 1. The van der Waals surface area contributed by atoms with Crippen molar-refractivity contribution in [3.8, 4) is 5.82 Å². The van der Waals surface area contributed by atoms with Crippen LogP contribution in [0.1, 0.15) is 28.7 Å². The number of amides is 1. The Labute approximate surface area is 190 Å². The highest BCUT2D eigenvalue weighted by atomic mass is 35.5. The molecule has 13 nitrogen and oxygen atoms in total. The molecular formula is C17H16ClN11O2S. The van der Waals surface area contributed by atoms with E-state index in [-0.39, 0.29) is 23.1 Å². The zero-order valence-electron chi connectivity index (χ0n) is 16.8. The predicted octanol–water partition coefficient (Wildman–Crippen LogP) is 1.46. The number of aromatic nitrogens is 8. The highest BCUT2D eigenvalue weighted by Gasteiger charge is 2.24. The van der Waals surface area contributed by atoms with E-state index in [1.54, 1.807) is 37.0 Å². The quantitative estimate of drug-likeness (QED) is 0.227. The number of nitrogens with two attached hydrogens (primary N) is 1. The van der Waals surface area contributed by atoms with Gasteiger partial charge in [0.15, 0.2) is 10.9 Å². The fourth-order valence-electron chi connectivity index (χ4n) is 2.65. The lowest BCUT2D eigenvalue weighted by molar-refractivity contribution is 0.0949. The number of carbonyl (C=O) groups is 1. The fourth-order valence-corrected chi connectivity index (χ4v) is 3.81. The van der Waals surface area contributed by atoms with Crippen molar-refractivity contribution in [3.63, 3.8) is 0 Å². The number of rotatable bonds is 7. The van der Waals surface area contributed by atoms with E-state index >= 15 is 0 Å². The number of carbonyl (C=O) groups excluding carboxylic acids is 1. The van der Waals surface area contributed by atoms with Gasteiger partial charge in [0, 0.05) is 23.4 Å². The molecule has 0 saturated heterocycles. The molecule has 0 aliphatic carbocycles. The van der Waals surface area contributed by atoms with Crippen LogP contribution in [0.15, 0.2) is 45.5 Å². The predicted molar refractivity (Wildman–Crippen MR) is 115 cm³/mol. The van der Waals surface area contributed by atoms with Crippen molar-refractivity contribution < 1.29 is 9.42 Å². The first-order chi connectivity index (χ1) is 15.5. The SMILES string of the molecule is CC(=NNC(=O)c1nnn(-c2nonc2N)c1CSc1nncn1C)c1ccccc1Cl. The third-order valence-electron chi connectivity index (χ3n) is 4.27. The van der Waals surface area contributed by atoms with E-state index in [1.807, 2.05) is 12.1 Å². The Kier molecular flexibility index (Phi) is 6.13. The van der Waals surface area contributed by atoms with E-state index in [1.165, 1.54) is 16.4 Å². The molecule has 3 heterocycles. The number of hydrogen-bond acceptors (Lipinski definition) is 11. The third kappa shape index (κ3) is 4.31. The molecule has 0 saturated carbocycles. The number of hydrazone groups is 1. The first-order valence-corrected chi connectivity index (χ1v) is 10.4. The van der Waals surface area contributed by atoms with Crippen LogP contribution in [0.2, 0.25) is 5.02 Å². The second-order valence-electron chi connectivity index (χ2n) is 6.40. The lowest BCUT2D eigenvalue weighted by Gasteiger charge is -2.06. The van der Waals surface area contributed by atoms with Crippen LogP contribution in [0.25, 0.3) is 5.82 Å². The van der Waals surface area contributed by atoms with Crippen molar-refractivity contribution >= 4 is 40.8 Å². The second kappa shape index (κ2) is 9.15. The normalized spacial score (nSPS) is 11.7. The van der Waals surface area contributed by atoms with Gasteiger partial charge in [-0.3, -0.25) is 4.79 Å². The highest BCUT2D eigenvalue weighted by Crippen LogP contribution is 2.24. The summed E-state index contributed by atoms with van der Waals surface area (Å²) in [4.78, 5) is 12.9. The average Bonchev–Trinajstić information content (AvgIpc) is 3.50. The molecule has 1 aromatic carbocycles. The Hall–Kier alpha value is -3.78. The Morgan fingerprint density at radius 2 is 2.12 bits per heavy atom. The van der Waals surface area contributed by atoms with E-state index in [0.717, 1.165) is 0 Å². The molecule has 3 aromatic heterocycles. The molecule has 0 aliphatic rings. The molecule has 0 aliphatic heterocycles. The van der Waals surface area contributed by atoms with E-state index in [2.05, 4.69) is 46.0 Å². The van der Waals surface area contributed by atoms with Crippen LogP contribution in [0.4, 0.5) is 5.82 Å². The summed E-state index contributed by atoms with van der Waals surface area (Å²) >= 11 is 7.51. The summed E-state index contributed by atoms with van der Waals surface area (Å²) in [5.41, 5.74) is 9.91. The van der Waals surface area contributed by atoms with Crippen molar-refractivity contribution in [2.45, 2.75) is 17.8 Å². The maximum absolute atomic E-state index is 12.9. The van der Waals surface area contributed by atoms with E-state index in [9.17, 15) is 4.79 Å². The first-order valence-electron chi connectivity index (χ1n) is 9.05. The van der Waals surface area contributed by atoms with Crippen molar-refractivity contribution in [2.24, 2.45) is 12.1 Å². The van der Waals surface area contributed by atoms with Gasteiger partial charge in [-0.2, -0.15) is 9.78 Å². The molecule has 164 valence electrons. The van der Waals surface area contributed by atoms with Gasteiger partial charge in [-0.1, -0.05) is 46.8 Å². The number of aryl methyl sites for hydroxylation is 1. The molecule has 0 radical (unpaired) electrons. The molecule has 15 heteroatoms. The summed E-state index contributed by atoms with van der Waals surface area (Å²) in [6.45, 7) is 1.73. The van der Waals surface area contributed by atoms with Crippen LogP contribution in [0.5, 0.6) is 0 Å². The minimum absolute atomic E-state index is 0.000601. The maximum Gasteiger partial charge on any atom is 0.293 e. The smallest absolute Gasteiger partial charge is 0.293 e. The molecule has 4 aromatic rings. The van der Waals surface area contributed by atoms with Crippen LogP contribution in [-0.2, 0) is 12.8 Å². The monoisotopic (exact) mass is 473 g/mol. The van der Waals surface area contributed by atoms with Gasteiger partial charge in [-0.25, -0.2) is 10.1 Å². The minimum Gasteiger partial charge on any atom is -0.378 e. The van der Waals surface area contributed by atoms with Crippen molar-refractivity contribution in [1.82, 2.24) is 45.5 Å². The third-order valence-corrected chi connectivity index (χ3v) is 5.65. The zero-order valence-corrected chi connectivity index (χ0v) is 18.4. The molecule has 0 atom stereocenters. The number of nitrogens with zero attached hydrogens (tertiary/aromatic N) is 9. The molecular weight excluding hydrogens is 458 g/mol. The largest absolute Gasteiger partial charge is 0.378 e. The standard InChI is InChI=1S/C17H16ClN11O2S/c1-9(10-5-3-4-6-11(10)18)21-23-16(30)13-12(7-32-17-24-20-8-28(17)2)29(27-22-13)15-14(19)25-31-26-15/h3-6,8H,7H2,1-2H3,(H2,19,25)(H,23,30). The van der Waals surface area contributed by atoms with Gasteiger partial charge < -0.3 is 10.3 Å². The number of thioether (sulfide) groups is 1. The number of nitrogens with one attached hydrogen (secondary N) is 1. The van der Waals surface area contributed by atoms with Crippen LogP contribution >= 0.6 is 23.4 Å². The maximum atomic E-state index is 12.9. The number of hydrogen-bond donors (Lipinski definition) is 2.